The Morgan fingerprint density at radius 2 is 1.69 bits per heavy atom. The smallest absolute Gasteiger partial charge is 0.305 e. The summed E-state index contributed by atoms with van der Waals surface area (Å²) >= 11 is 0. The SMILES string of the molecule is O=C(O)CC(c1ccc(O)c(OC2CCCC2)c1)N1C(=O)c2ccccc2C1=O. The summed E-state index contributed by atoms with van der Waals surface area (Å²) in [5, 5.41) is 19.6. The van der Waals surface area contributed by atoms with Crippen molar-refractivity contribution in [2.45, 2.75) is 44.2 Å². The molecule has 2 amide bonds. The lowest BCUT2D eigenvalue weighted by atomic mass is 10.0. The maximum atomic E-state index is 12.9. The van der Waals surface area contributed by atoms with E-state index >= 15 is 0 Å². The molecule has 0 aromatic heterocycles. The zero-order valence-corrected chi connectivity index (χ0v) is 15.7. The minimum atomic E-state index is -1.14. The third-order valence-electron chi connectivity index (χ3n) is 5.47. The lowest BCUT2D eigenvalue weighted by molar-refractivity contribution is -0.138. The van der Waals surface area contributed by atoms with Gasteiger partial charge in [-0.15, -0.1) is 0 Å². The van der Waals surface area contributed by atoms with E-state index in [4.69, 9.17) is 4.74 Å². The van der Waals surface area contributed by atoms with Gasteiger partial charge in [-0.2, -0.15) is 0 Å². The fraction of sp³-hybridized carbons (Fsp3) is 0.318. The van der Waals surface area contributed by atoms with Crippen LogP contribution in [0.1, 0.15) is 64.4 Å². The second-order valence-corrected chi connectivity index (χ2v) is 7.39. The molecule has 2 N–H and O–H groups in total. The first-order valence-electron chi connectivity index (χ1n) is 9.64. The predicted octanol–water partition coefficient (Wildman–Crippen LogP) is 3.53. The fourth-order valence-electron chi connectivity index (χ4n) is 4.03. The first kappa shape index (κ1) is 19.0. The Hall–Kier alpha value is -3.35. The maximum Gasteiger partial charge on any atom is 0.305 e. The average molecular weight is 395 g/mol. The van der Waals surface area contributed by atoms with Gasteiger partial charge in [-0.1, -0.05) is 18.2 Å². The van der Waals surface area contributed by atoms with Crippen LogP contribution in [-0.2, 0) is 4.79 Å². The molecule has 7 nitrogen and oxygen atoms in total. The molecule has 1 atom stereocenters. The van der Waals surface area contributed by atoms with Crippen molar-refractivity contribution in [2.75, 3.05) is 0 Å². The van der Waals surface area contributed by atoms with E-state index in [0.29, 0.717) is 5.56 Å². The minimum Gasteiger partial charge on any atom is -0.504 e. The van der Waals surface area contributed by atoms with Crippen LogP contribution in [0.3, 0.4) is 0 Å². The van der Waals surface area contributed by atoms with Crippen LogP contribution in [0.5, 0.6) is 11.5 Å². The Kier molecular flexibility index (Phi) is 4.96. The van der Waals surface area contributed by atoms with E-state index in [1.165, 1.54) is 18.2 Å². The van der Waals surface area contributed by atoms with Crippen molar-refractivity contribution >= 4 is 17.8 Å². The number of carboxylic acid groups (broad SMARTS) is 1. The van der Waals surface area contributed by atoms with Crippen LogP contribution in [0.15, 0.2) is 42.5 Å². The van der Waals surface area contributed by atoms with Crippen molar-refractivity contribution in [1.82, 2.24) is 4.90 Å². The average Bonchev–Trinajstić information content (AvgIpc) is 3.29. The molecule has 1 saturated carbocycles. The Morgan fingerprint density at radius 1 is 1.07 bits per heavy atom. The van der Waals surface area contributed by atoms with E-state index in [0.717, 1.165) is 30.6 Å². The molecule has 1 fully saturated rings. The number of imide groups is 1. The monoisotopic (exact) mass is 395 g/mol. The van der Waals surface area contributed by atoms with Crippen LogP contribution in [0.2, 0.25) is 0 Å². The Bertz CT molecular complexity index is 944. The number of phenolic OH excluding ortho intramolecular Hbond substituents is 1. The third-order valence-corrected chi connectivity index (χ3v) is 5.47. The molecular formula is C22H21NO6. The highest BCUT2D eigenvalue weighted by Gasteiger charge is 2.41. The van der Waals surface area contributed by atoms with Crippen molar-refractivity contribution in [1.29, 1.82) is 0 Å². The molecule has 0 radical (unpaired) electrons. The van der Waals surface area contributed by atoms with Crippen LogP contribution in [-0.4, -0.2) is 39.0 Å². The number of aliphatic carboxylic acids is 1. The van der Waals surface area contributed by atoms with Gasteiger partial charge in [-0.25, -0.2) is 0 Å². The lowest BCUT2D eigenvalue weighted by Crippen LogP contribution is -2.35. The van der Waals surface area contributed by atoms with Crippen LogP contribution < -0.4 is 4.74 Å². The summed E-state index contributed by atoms with van der Waals surface area (Å²) in [6.07, 6.45) is 3.44. The molecule has 1 heterocycles. The number of carbonyl (C=O) groups is 3. The fourth-order valence-corrected chi connectivity index (χ4v) is 4.03. The molecule has 0 spiro atoms. The molecule has 2 aliphatic rings. The van der Waals surface area contributed by atoms with E-state index in [1.54, 1.807) is 24.3 Å². The normalized spacial score (nSPS) is 17.4. The van der Waals surface area contributed by atoms with Crippen molar-refractivity contribution in [2.24, 2.45) is 0 Å². The van der Waals surface area contributed by atoms with E-state index < -0.39 is 30.2 Å². The number of benzene rings is 2. The second kappa shape index (κ2) is 7.58. The molecule has 2 aromatic rings. The number of amides is 2. The maximum absolute atomic E-state index is 12.9. The van der Waals surface area contributed by atoms with Crippen LogP contribution in [0.25, 0.3) is 0 Å². The van der Waals surface area contributed by atoms with Gasteiger partial charge in [-0.05, 0) is 55.5 Å². The summed E-state index contributed by atoms with van der Waals surface area (Å²) in [4.78, 5) is 38.2. The first-order valence-corrected chi connectivity index (χ1v) is 9.64. The van der Waals surface area contributed by atoms with Crippen molar-refractivity contribution in [3.05, 3.63) is 59.2 Å². The number of hydrogen-bond donors (Lipinski definition) is 2. The molecule has 2 aromatic carbocycles. The molecule has 29 heavy (non-hydrogen) atoms. The van der Waals surface area contributed by atoms with Gasteiger partial charge < -0.3 is 14.9 Å². The van der Waals surface area contributed by atoms with Crippen LogP contribution in [0, 0.1) is 0 Å². The number of ether oxygens (including phenoxy) is 1. The van der Waals surface area contributed by atoms with Gasteiger partial charge in [0.15, 0.2) is 11.5 Å². The van der Waals surface area contributed by atoms with Gasteiger partial charge in [-0.3, -0.25) is 19.3 Å². The van der Waals surface area contributed by atoms with Crippen LogP contribution in [0.4, 0.5) is 0 Å². The largest absolute Gasteiger partial charge is 0.504 e. The Labute approximate surface area is 167 Å². The summed E-state index contributed by atoms with van der Waals surface area (Å²) in [6.45, 7) is 0. The van der Waals surface area contributed by atoms with Gasteiger partial charge in [0.05, 0.1) is 29.7 Å². The topological polar surface area (TPSA) is 104 Å². The number of rotatable bonds is 6. The lowest BCUT2D eigenvalue weighted by Gasteiger charge is -2.26. The summed E-state index contributed by atoms with van der Waals surface area (Å²) < 4.78 is 5.89. The van der Waals surface area contributed by atoms with E-state index in [9.17, 15) is 24.6 Å². The van der Waals surface area contributed by atoms with Gasteiger partial charge in [0.25, 0.3) is 11.8 Å². The first-order chi connectivity index (χ1) is 14.0. The highest BCUT2D eigenvalue weighted by Crippen LogP contribution is 2.38. The molecule has 1 unspecified atom stereocenters. The highest BCUT2D eigenvalue weighted by molar-refractivity contribution is 6.21. The van der Waals surface area contributed by atoms with Crippen LogP contribution >= 0.6 is 0 Å². The summed E-state index contributed by atoms with van der Waals surface area (Å²) in [6, 6.07) is 9.89. The standard InChI is InChI=1S/C22H21NO6/c24-18-10-9-13(11-19(18)29-14-5-1-2-6-14)17(12-20(25)26)23-21(27)15-7-3-4-8-16(15)22(23)28/h3-4,7-11,14,17,24H,1-2,5-6,12H2,(H,25,26). The quantitative estimate of drug-likeness (QED) is 0.725. The molecule has 1 aliphatic heterocycles. The Morgan fingerprint density at radius 3 is 2.28 bits per heavy atom. The zero-order chi connectivity index (χ0) is 20.5. The van der Waals surface area contributed by atoms with Crippen molar-refractivity contribution in [3.63, 3.8) is 0 Å². The number of phenols is 1. The minimum absolute atomic E-state index is 0.00613. The second-order valence-electron chi connectivity index (χ2n) is 7.39. The van der Waals surface area contributed by atoms with Gasteiger partial charge in [0.1, 0.15) is 0 Å². The van der Waals surface area contributed by atoms with Crippen molar-refractivity contribution in [3.8, 4) is 11.5 Å². The van der Waals surface area contributed by atoms with E-state index in [-0.39, 0.29) is 28.7 Å². The van der Waals surface area contributed by atoms with Gasteiger partial charge >= 0.3 is 5.97 Å². The molecule has 0 saturated heterocycles. The van der Waals surface area contributed by atoms with Crippen molar-refractivity contribution < 1.29 is 29.3 Å². The third kappa shape index (κ3) is 3.55. The van der Waals surface area contributed by atoms with E-state index in [2.05, 4.69) is 0 Å². The summed E-state index contributed by atoms with van der Waals surface area (Å²) in [7, 11) is 0. The number of aromatic hydroxyl groups is 1. The number of hydrogen-bond acceptors (Lipinski definition) is 5. The number of nitrogens with zero attached hydrogens (tertiary/aromatic N) is 1. The molecule has 7 heteroatoms. The summed E-state index contributed by atoms with van der Waals surface area (Å²) in [5.74, 6) is -2.01. The number of fused-ring (bicyclic) bond motifs is 1. The molecule has 4 rings (SSSR count). The Balaban J connectivity index is 1.70. The molecule has 0 bridgehead atoms. The summed E-state index contributed by atoms with van der Waals surface area (Å²) in [5.41, 5.74) is 0.941. The predicted molar refractivity (Wildman–Crippen MR) is 103 cm³/mol. The number of carboxylic acids is 1. The van der Waals surface area contributed by atoms with Gasteiger partial charge in [0, 0.05) is 0 Å². The number of carbonyl (C=O) groups excluding carboxylic acids is 2. The zero-order valence-electron chi connectivity index (χ0n) is 15.7. The van der Waals surface area contributed by atoms with Gasteiger partial charge in [0.2, 0.25) is 0 Å². The highest BCUT2D eigenvalue weighted by atomic mass is 16.5. The molecular weight excluding hydrogens is 374 g/mol. The molecule has 1 aliphatic carbocycles. The van der Waals surface area contributed by atoms with E-state index in [1.807, 2.05) is 0 Å². The molecule has 150 valence electrons.